The summed E-state index contributed by atoms with van der Waals surface area (Å²) in [4.78, 5) is 18.8. The first kappa shape index (κ1) is 17.6. The molecule has 0 aliphatic rings. The van der Waals surface area contributed by atoms with Crippen molar-refractivity contribution < 1.29 is 9.90 Å². The normalized spacial score (nSPS) is 10.4. The van der Waals surface area contributed by atoms with Crippen LogP contribution in [0.3, 0.4) is 0 Å². The maximum Gasteiger partial charge on any atom is 0.257 e. The largest absolute Gasteiger partial charge is 0.392 e. The molecule has 5 heteroatoms. The lowest BCUT2D eigenvalue weighted by molar-refractivity contribution is 0.102. The molecule has 0 saturated heterocycles. The smallest absolute Gasteiger partial charge is 0.257 e. The van der Waals surface area contributed by atoms with Crippen LogP contribution in [0.1, 0.15) is 15.9 Å². The number of amides is 1. The first-order valence-corrected chi connectivity index (χ1v) is 8.31. The number of aromatic nitrogens is 1. The van der Waals surface area contributed by atoms with E-state index in [1.54, 1.807) is 36.7 Å². The predicted molar refractivity (Wildman–Crippen MR) is 104 cm³/mol. The molecule has 0 saturated carbocycles. The Labute approximate surface area is 152 Å². The molecule has 5 nitrogen and oxygen atoms in total. The minimum Gasteiger partial charge on any atom is -0.392 e. The number of pyridine rings is 1. The number of hydrogen-bond acceptors (Lipinski definition) is 4. The first-order chi connectivity index (χ1) is 12.6. The average molecular weight is 347 g/mol. The maximum atomic E-state index is 12.5. The van der Waals surface area contributed by atoms with Crippen LogP contribution in [0.2, 0.25) is 0 Å². The van der Waals surface area contributed by atoms with Gasteiger partial charge in [-0.05, 0) is 41.5 Å². The third-order valence-electron chi connectivity index (χ3n) is 4.08. The highest BCUT2D eigenvalue weighted by Crippen LogP contribution is 2.23. The van der Waals surface area contributed by atoms with E-state index in [9.17, 15) is 9.90 Å². The molecular weight excluding hydrogens is 326 g/mol. The number of hydrogen-bond donors (Lipinski definition) is 2. The molecule has 0 unspecified atom stereocenters. The van der Waals surface area contributed by atoms with Crippen LogP contribution in [0.5, 0.6) is 0 Å². The molecule has 3 rings (SSSR count). The Kier molecular flexibility index (Phi) is 5.29. The summed E-state index contributed by atoms with van der Waals surface area (Å²) in [5.74, 6) is -0.237. The molecule has 2 N–H and O–H groups in total. The third kappa shape index (κ3) is 4.07. The Bertz CT molecular complexity index is 905. The monoisotopic (exact) mass is 347 g/mol. The highest BCUT2D eigenvalue weighted by molar-refractivity contribution is 6.04. The van der Waals surface area contributed by atoms with E-state index in [1.165, 1.54) is 0 Å². The van der Waals surface area contributed by atoms with Gasteiger partial charge in [-0.2, -0.15) is 0 Å². The second-order valence-electron chi connectivity index (χ2n) is 6.22. The van der Waals surface area contributed by atoms with Crippen LogP contribution in [0.25, 0.3) is 11.1 Å². The van der Waals surface area contributed by atoms with Crippen LogP contribution in [0.4, 0.5) is 11.4 Å². The second kappa shape index (κ2) is 7.80. The van der Waals surface area contributed by atoms with Crippen molar-refractivity contribution in [2.24, 2.45) is 0 Å². The van der Waals surface area contributed by atoms with E-state index in [4.69, 9.17) is 0 Å². The van der Waals surface area contributed by atoms with Crippen molar-refractivity contribution in [1.82, 2.24) is 4.98 Å². The minimum atomic E-state index is -0.237. The summed E-state index contributed by atoms with van der Waals surface area (Å²) in [5, 5.41) is 12.0. The topological polar surface area (TPSA) is 65.5 Å². The molecule has 1 heterocycles. The van der Waals surface area contributed by atoms with Gasteiger partial charge in [-0.15, -0.1) is 0 Å². The Morgan fingerprint density at radius 3 is 2.50 bits per heavy atom. The number of carbonyl (C=O) groups excluding carboxylic acids is 1. The lowest BCUT2D eigenvalue weighted by Crippen LogP contribution is -2.12. The van der Waals surface area contributed by atoms with Gasteiger partial charge in [0.1, 0.15) is 0 Å². The fraction of sp³-hybridized carbons (Fsp3) is 0.143. The van der Waals surface area contributed by atoms with Crippen molar-refractivity contribution in [3.05, 3.63) is 78.1 Å². The van der Waals surface area contributed by atoms with Gasteiger partial charge in [0.05, 0.1) is 12.2 Å². The van der Waals surface area contributed by atoms with Crippen molar-refractivity contribution in [1.29, 1.82) is 0 Å². The Hall–Kier alpha value is -3.18. The predicted octanol–water partition coefficient (Wildman–Crippen LogP) is 3.56. The van der Waals surface area contributed by atoms with Gasteiger partial charge in [0.15, 0.2) is 0 Å². The number of nitrogens with zero attached hydrogens (tertiary/aromatic N) is 2. The molecular formula is C21H21N3O2. The van der Waals surface area contributed by atoms with Gasteiger partial charge in [0.25, 0.3) is 5.91 Å². The first-order valence-electron chi connectivity index (χ1n) is 8.31. The lowest BCUT2D eigenvalue weighted by Gasteiger charge is -2.13. The fourth-order valence-electron chi connectivity index (χ4n) is 2.62. The van der Waals surface area contributed by atoms with Gasteiger partial charge in [0, 0.05) is 43.4 Å². The standard InChI is InChI=1S/C21H21N3O2/c1-24(2)20-8-6-16(7-9-20)17-11-18(13-22-12-17)21(26)23-19-5-3-4-15(10-19)14-25/h3-13,25H,14H2,1-2H3,(H,23,26). The molecule has 0 spiro atoms. The van der Waals surface area contributed by atoms with Crippen LogP contribution in [-0.2, 0) is 6.61 Å². The van der Waals surface area contributed by atoms with Crippen molar-refractivity contribution in [3.63, 3.8) is 0 Å². The van der Waals surface area contributed by atoms with Crippen molar-refractivity contribution in [2.45, 2.75) is 6.61 Å². The Balaban J connectivity index is 1.80. The van der Waals surface area contributed by atoms with Crippen LogP contribution < -0.4 is 10.2 Å². The summed E-state index contributed by atoms with van der Waals surface area (Å²) in [6.07, 6.45) is 3.29. The number of benzene rings is 2. The van der Waals surface area contributed by atoms with E-state index < -0.39 is 0 Å². The number of aliphatic hydroxyl groups excluding tert-OH is 1. The van der Waals surface area contributed by atoms with Crippen LogP contribution in [-0.4, -0.2) is 30.1 Å². The van der Waals surface area contributed by atoms with E-state index in [-0.39, 0.29) is 12.5 Å². The number of anilines is 2. The van der Waals surface area contributed by atoms with Gasteiger partial charge >= 0.3 is 0 Å². The van der Waals surface area contributed by atoms with E-state index in [1.807, 2.05) is 49.3 Å². The van der Waals surface area contributed by atoms with Gasteiger partial charge in [-0.25, -0.2) is 0 Å². The summed E-state index contributed by atoms with van der Waals surface area (Å²) in [6.45, 7) is -0.0658. The van der Waals surface area contributed by atoms with E-state index in [2.05, 4.69) is 10.3 Å². The molecule has 0 fully saturated rings. The summed E-state index contributed by atoms with van der Waals surface area (Å²) >= 11 is 0. The lowest BCUT2D eigenvalue weighted by atomic mass is 10.1. The molecule has 0 bridgehead atoms. The fourth-order valence-corrected chi connectivity index (χ4v) is 2.62. The van der Waals surface area contributed by atoms with Gasteiger partial charge in [-0.3, -0.25) is 9.78 Å². The molecule has 26 heavy (non-hydrogen) atoms. The zero-order valence-electron chi connectivity index (χ0n) is 14.8. The molecule has 132 valence electrons. The SMILES string of the molecule is CN(C)c1ccc(-c2cncc(C(=O)Nc3cccc(CO)c3)c2)cc1. The number of nitrogens with one attached hydrogen (secondary N) is 1. The molecule has 0 aliphatic carbocycles. The summed E-state index contributed by atoms with van der Waals surface area (Å²) < 4.78 is 0. The summed E-state index contributed by atoms with van der Waals surface area (Å²) in [5.41, 5.74) is 4.86. The Morgan fingerprint density at radius 2 is 1.81 bits per heavy atom. The average Bonchev–Trinajstić information content (AvgIpc) is 2.68. The zero-order valence-corrected chi connectivity index (χ0v) is 14.8. The highest BCUT2D eigenvalue weighted by atomic mass is 16.3. The van der Waals surface area contributed by atoms with Crippen LogP contribution >= 0.6 is 0 Å². The van der Waals surface area contributed by atoms with Gasteiger partial charge in [0.2, 0.25) is 0 Å². The second-order valence-corrected chi connectivity index (χ2v) is 6.22. The molecule has 0 radical (unpaired) electrons. The summed E-state index contributed by atoms with van der Waals surface area (Å²) in [7, 11) is 3.99. The molecule has 2 aromatic carbocycles. The van der Waals surface area contributed by atoms with Crippen LogP contribution in [0, 0.1) is 0 Å². The van der Waals surface area contributed by atoms with Crippen molar-refractivity contribution in [3.8, 4) is 11.1 Å². The highest BCUT2D eigenvalue weighted by Gasteiger charge is 2.09. The minimum absolute atomic E-state index is 0.0658. The number of carbonyl (C=O) groups is 1. The van der Waals surface area contributed by atoms with Crippen molar-refractivity contribution in [2.75, 3.05) is 24.3 Å². The molecule has 0 aliphatic heterocycles. The maximum absolute atomic E-state index is 12.5. The van der Waals surface area contributed by atoms with E-state index in [0.29, 0.717) is 11.3 Å². The van der Waals surface area contributed by atoms with E-state index in [0.717, 1.165) is 22.4 Å². The molecule has 0 atom stereocenters. The van der Waals surface area contributed by atoms with E-state index >= 15 is 0 Å². The summed E-state index contributed by atoms with van der Waals surface area (Å²) in [6, 6.07) is 17.0. The number of rotatable bonds is 5. The molecule has 3 aromatic rings. The van der Waals surface area contributed by atoms with Crippen LogP contribution in [0.15, 0.2) is 67.0 Å². The Morgan fingerprint density at radius 1 is 1.04 bits per heavy atom. The molecule has 1 aromatic heterocycles. The number of aliphatic hydroxyl groups is 1. The van der Waals surface area contributed by atoms with Gasteiger partial charge < -0.3 is 15.3 Å². The third-order valence-corrected chi connectivity index (χ3v) is 4.08. The molecule has 1 amide bonds. The van der Waals surface area contributed by atoms with Crippen molar-refractivity contribution >= 4 is 17.3 Å². The quantitative estimate of drug-likeness (QED) is 0.741. The zero-order chi connectivity index (χ0) is 18.5. The van der Waals surface area contributed by atoms with Gasteiger partial charge in [-0.1, -0.05) is 24.3 Å².